The largest absolute Gasteiger partial charge is 0.455 e. The van der Waals surface area contributed by atoms with E-state index in [0.29, 0.717) is 11.3 Å². The third-order valence-corrected chi connectivity index (χ3v) is 2.83. The van der Waals surface area contributed by atoms with Gasteiger partial charge in [-0.2, -0.15) is 0 Å². The number of furan rings is 1. The molecule has 0 bridgehead atoms. The molecule has 20 heavy (non-hydrogen) atoms. The van der Waals surface area contributed by atoms with E-state index in [1.807, 2.05) is 6.07 Å². The number of esters is 1. The Labute approximate surface area is 115 Å². The van der Waals surface area contributed by atoms with E-state index >= 15 is 0 Å². The maximum absolute atomic E-state index is 11.9. The number of pyridine rings is 1. The summed E-state index contributed by atoms with van der Waals surface area (Å²) in [5.41, 5.74) is 7.72. The van der Waals surface area contributed by atoms with Crippen molar-refractivity contribution < 1.29 is 13.9 Å². The third-order valence-electron chi connectivity index (χ3n) is 2.83. The SMILES string of the molecule is Nc1ccc2oc(C(=O)OCc3cccnc3)cc2c1. The molecule has 0 aliphatic heterocycles. The van der Waals surface area contributed by atoms with Crippen LogP contribution in [-0.4, -0.2) is 11.0 Å². The topological polar surface area (TPSA) is 78.3 Å². The molecule has 0 spiro atoms. The minimum absolute atomic E-state index is 0.159. The smallest absolute Gasteiger partial charge is 0.374 e. The molecular formula is C15H12N2O3. The molecule has 0 atom stereocenters. The molecule has 0 unspecified atom stereocenters. The van der Waals surface area contributed by atoms with E-state index in [0.717, 1.165) is 10.9 Å². The van der Waals surface area contributed by atoms with Crippen molar-refractivity contribution in [1.29, 1.82) is 0 Å². The number of fused-ring (bicyclic) bond motifs is 1. The summed E-state index contributed by atoms with van der Waals surface area (Å²) in [5.74, 6) is -0.349. The molecule has 2 aromatic heterocycles. The van der Waals surface area contributed by atoms with E-state index in [9.17, 15) is 4.79 Å². The van der Waals surface area contributed by atoms with E-state index in [1.165, 1.54) is 0 Å². The summed E-state index contributed by atoms with van der Waals surface area (Å²) in [6.45, 7) is 0.159. The van der Waals surface area contributed by atoms with Crippen molar-refractivity contribution in [2.75, 3.05) is 5.73 Å². The highest BCUT2D eigenvalue weighted by atomic mass is 16.5. The number of benzene rings is 1. The average Bonchev–Trinajstić information content (AvgIpc) is 2.89. The lowest BCUT2D eigenvalue weighted by molar-refractivity contribution is 0.0438. The van der Waals surface area contributed by atoms with Crippen molar-refractivity contribution in [3.05, 3.63) is 60.1 Å². The van der Waals surface area contributed by atoms with Crippen molar-refractivity contribution in [2.45, 2.75) is 6.61 Å². The van der Waals surface area contributed by atoms with E-state index in [1.54, 1.807) is 42.7 Å². The first kappa shape index (κ1) is 12.2. The van der Waals surface area contributed by atoms with Crippen molar-refractivity contribution in [3.63, 3.8) is 0 Å². The van der Waals surface area contributed by atoms with Gasteiger partial charge in [-0.15, -0.1) is 0 Å². The van der Waals surface area contributed by atoms with E-state index in [4.69, 9.17) is 14.9 Å². The van der Waals surface area contributed by atoms with Gasteiger partial charge < -0.3 is 14.9 Å². The predicted molar refractivity (Wildman–Crippen MR) is 74.0 cm³/mol. The predicted octanol–water partition coefficient (Wildman–Crippen LogP) is 2.77. The Kier molecular flexibility index (Phi) is 3.09. The third kappa shape index (κ3) is 2.47. The molecule has 0 amide bonds. The lowest BCUT2D eigenvalue weighted by atomic mass is 10.2. The highest BCUT2D eigenvalue weighted by molar-refractivity contribution is 5.93. The van der Waals surface area contributed by atoms with E-state index < -0.39 is 5.97 Å². The normalized spacial score (nSPS) is 10.6. The molecule has 3 rings (SSSR count). The van der Waals surface area contributed by atoms with Crippen LogP contribution < -0.4 is 5.73 Å². The number of hydrogen-bond donors (Lipinski definition) is 1. The van der Waals surface area contributed by atoms with Gasteiger partial charge in [-0.1, -0.05) is 6.07 Å². The van der Waals surface area contributed by atoms with Crippen LogP contribution in [0.1, 0.15) is 16.1 Å². The molecule has 5 heteroatoms. The number of carbonyl (C=O) groups excluding carboxylic acids is 1. The number of anilines is 1. The molecule has 0 aliphatic carbocycles. The summed E-state index contributed by atoms with van der Waals surface area (Å²) in [5, 5.41) is 0.776. The number of nitrogens with zero attached hydrogens (tertiary/aromatic N) is 1. The summed E-state index contributed by atoms with van der Waals surface area (Å²) in [6.07, 6.45) is 3.31. The molecule has 0 aliphatic rings. The highest BCUT2D eigenvalue weighted by Gasteiger charge is 2.14. The van der Waals surface area contributed by atoms with Crippen molar-refractivity contribution >= 4 is 22.6 Å². The fraction of sp³-hybridized carbons (Fsp3) is 0.0667. The van der Waals surface area contributed by atoms with Gasteiger partial charge in [0.15, 0.2) is 0 Å². The molecule has 0 radical (unpaired) electrons. The zero-order chi connectivity index (χ0) is 13.9. The van der Waals surface area contributed by atoms with Crippen LogP contribution in [0.25, 0.3) is 11.0 Å². The summed E-state index contributed by atoms with van der Waals surface area (Å²) >= 11 is 0. The van der Waals surface area contributed by atoms with Gasteiger partial charge in [0, 0.05) is 29.0 Å². The standard InChI is InChI=1S/C15H12N2O3/c16-12-3-4-13-11(6-12)7-14(20-13)15(18)19-9-10-2-1-5-17-8-10/h1-8H,9,16H2. The molecule has 0 saturated heterocycles. The lowest BCUT2D eigenvalue weighted by Gasteiger charge is -2.01. The number of aromatic nitrogens is 1. The fourth-order valence-electron chi connectivity index (χ4n) is 1.87. The van der Waals surface area contributed by atoms with Crippen LogP contribution in [0.15, 0.2) is 53.2 Å². The summed E-state index contributed by atoms with van der Waals surface area (Å²) in [7, 11) is 0. The first-order valence-electron chi connectivity index (χ1n) is 6.07. The maximum atomic E-state index is 11.9. The van der Waals surface area contributed by atoms with Crippen LogP contribution in [0.5, 0.6) is 0 Å². The Hall–Kier alpha value is -2.82. The Morgan fingerprint density at radius 3 is 3.00 bits per heavy atom. The van der Waals surface area contributed by atoms with Crippen molar-refractivity contribution in [3.8, 4) is 0 Å². The zero-order valence-electron chi connectivity index (χ0n) is 10.6. The van der Waals surface area contributed by atoms with Crippen molar-refractivity contribution in [1.82, 2.24) is 4.98 Å². The monoisotopic (exact) mass is 268 g/mol. The second-order valence-electron chi connectivity index (χ2n) is 4.35. The minimum Gasteiger partial charge on any atom is -0.455 e. The quantitative estimate of drug-likeness (QED) is 0.583. The Balaban J connectivity index is 1.75. The molecular weight excluding hydrogens is 256 g/mol. The first-order valence-corrected chi connectivity index (χ1v) is 6.07. The van der Waals surface area contributed by atoms with Crippen LogP contribution in [0.4, 0.5) is 5.69 Å². The number of rotatable bonds is 3. The van der Waals surface area contributed by atoms with Crippen LogP contribution >= 0.6 is 0 Å². The average molecular weight is 268 g/mol. The summed E-state index contributed by atoms with van der Waals surface area (Å²) in [4.78, 5) is 15.9. The molecule has 2 N–H and O–H groups in total. The van der Waals surface area contributed by atoms with Gasteiger partial charge in [-0.05, 0) is 30.3 Å². The van der Waals surface area contributed by atoms with Gasteiger partial charge >= 0.3 is 5.97 Å². The minimum atomic E-state index is -0.511. The Morgan fingerprint density at radius 2 is 2.20 bits per heavy atom. The van der Waals surface area contributed by atoms with Gasteiger partial charge in [0.05, 0.1) is 0 Å². The summed E-state index contributed by atoms with van der Waals surface area (Å²) in [6, 6.07) is 10.4. The molecule has 5 nitrogen and oxygen atoms in total. The Morgan fingerprint density at radius 1 is 1.30 bits per heavy atom. The van der Waals surface area contributed by atoms with Gasteiger partial charge in [0.1, 0.15) is 12.2 Å². The lowest BCUT2D eigenvalue weighted by Crippen LogP contribution is -2.03. The van der Waals surface area contributed by atoms with Gasteiger partial charge in [-0.25, -0.2) is 4.79 Å². The van der Waals surface area contributed by atoms with E-state index in [2.05, 4.69) is 4.98 Å². The molecule has 3 aromatic rings. The molecule has 0 fully saturated rings. The van der Waals surface area contributed by atoms with E-state index in [-0.39, 0.29) is 12.4 Å². The number of ether oxygens (including phenoxy) is 1. The molecule has 0 saturated carbocycles. The second kappa shape index (κ2) is 5.05. The molecule has 2 heterocycles. The first-order chi connectivity index (χ1) is 9.72. The molecule has 1 aromatic carbocycles. The Bertz CT molecular complexity index is 750. The summed E-state index contributed by atoms with van der Waals surface area (Å²) < 4.78 is 10.6. The van der Waals surface area contributed by atoms with Crippen molar-refractivity contribution in [2.24, 2.45) is 0 Å². The maximum Gasteiger partial charge on any atom is 0.374 e. The van der Waals surface area contributed by atoms with Crippen LogP contribution in [-0.2, 0) is 11.3 Å². The highest BCUT2D eigenvalue weighted by Crippen LogP contribution is 2.22. The number of hydrogen-bond acceptors (Lipinski definition) is 5. The molecule has 100 valence electrons. The van der Waals surface area contributed by atoms with Gasteiger partial charge in [-0.3, -0.25) is 4.98 Å². The van der Waals surface area contributed by atoms with Crippen LogP contribution in [0.2, 0.25) is 0 Å². The number of nitrogen functional groups attached to an aromatic ring is 1. The zero-order valence-corrected chi connectivity index (χ0v) is 10.6. The van der Waals surface area contributed by atoms with Gasteiger partial charge in [0.25, 0.3) is 0 Å². The number of carbonyl (C=O) groups is 1. The second-order valence-corrected chi connectivity index (χ2v) is 4.35. The van der Waals surface area contributed by atoms with Crippen LogP contribution in [0.3, 0.4) is 0 Å². The van der Waals surface area contributed by atoms with Gasteiger partial charge in [0.2, 0.25) is 5.76 Å². The number of nitrogens with two attached hydrogens (primary N) is 1. The fourth-order valence-corrected chi connectivity index (χ4v) is 1.87. The van der Waals surface area contributed by atoms with Crippen LogP contribution in [0, 0.1) is 0 Å².